The zero-order valence-corrected chi connectivity index (χ0v) is 19.3. The smallest absolute Gasteiger partial charge is 0.186 e. The lowest BCUT2D eigenvalue weighted by Crippen LogP contribution is -2.06. The zero-order valence-electron chi connectivity index (χ0n) is 19.3. The van der Waals surface area contributed by atoms with E-state index in [1.807, 2.05) is 36.4 Å². The maximum atomic E-state index is 14.4. The number of ether oxygens (including phenoxy) is 1. The van der Waals surface area contributed by atoms with E-state index in [1.165, 1.54) is 6.07 Å². The van der Waals surface area contributed by atoms with Crippen LogP contribution in [0, 0.1) is 5.82 Å². The van der Waals surface area contributed by atoms with Gasteiger partial charge in [0.15, 0.2) is 23.2 Å². The van der Waals surface area contributed by atoms with E-state index in [-0.39, 0.29) is 19.0 Å². The summed E-state index contributed by atoms with van der Waals surface area (Å²) in [6.07, 6.45) is 4.91. The first-order valence-corrected chi connectivity index (χ1v) is 11.3. The number of hydrogen-bond donors (Lipinski definition) is 2. The second-order valence-corrected chi connectivity index (χ2v) is 8.02. The molecule has 0 fully saturated rings. The average molecular weight is 494 g/mol. The van der Waals surface area contributed by atoms with Gasteiger partial charge in [0.1, 0.15) is 18.1 Å². The standard InChI is InChI=1S/C25H19FN10O/c26-19-7-3-1-5-16(19)14-36-20-8-4-2-6-18(20)23(33-36)25-28-13-21(37-15-22-31-34-35-32-22)24(30-25)29-17-9-11-27-12-10-17/h1-13H,14-15H2,(H,27,28,29,30)(H,31,32,34,35). The molecule has 0 radical (unpaired) electrons. The predicted octanol–water partition coefficient (Wildman–Crippen LogP) is 3.91. The van der Waals surface area contributed by atoms with Gasteiger partial charge in [-0.25, -0.2) is 19.5 Å². The Morgan fingerprint density at radius 3 is 2.68 bits per heavy atom. The number of halogens is 1. The van der Waals surface area contributed by atoms with Gasteiger partial charge < -0.3 is 10.1 Å². The van der Waals surface area contributed by atoms with Crippen LogP contribution < -0.4 is 10.1 Å². The number of pyridine rings is 1. The van der Waals surface area contributed by atoms with Crippen LogP contribution in [-0.4, -0.2) is 45.4 Å². The molecule has 2 N–H and O–H groups in total. The number of aromatic nitrogens is 9. The van der Waals surface area contributed by atoms with Gasteiger partial charge in [0, 0.05) is 29.0 Å². The molecule has 0 unspecified atom stereocenters. The van der Waals surface area contributed by atoms with E-state index in [4.69, 9.17) is 14.8 Å². The van der Waals surface area contributed by atoms with Crippen molar-refractivity contribution in [3.05, 3.63) is 96.5 Å². The number of H-pyrrole nitrogens is 1. The minimum absolute atomic E-state index is 0.0981. The van der Waals surface area contributed by atoms with Crippen molar-refractivity contribution >= 4 is 22.4 Å². The molecule has 0 spiro atoms. The Morgan fingerprint density at radius 2 is 1.84 bits per heavy atom. The molecule has 0 aliphatic heterocycles. The van der Waals surface area contributed by atoms with Crippen molar-refractivity contribution in [3.8, 4) is 17.3 Å². The van der Waals surface area contributed by atoms with Crippen molar-refractivity contribution in [3.63, 3.8) is 0 Å². The van der Waals surface area contributed by atoms with Gasteiger partial charge >= 0.3 is 0 Å². The van der Waals surface area contributed by atoms with E-state index < -0.39 is 0 Å². The van der Waals surface area contributed by atoms with Crippen molar-refractivity contribution in [2.24, 2.45) is 0 Å². The van der Waals surface area contributed by atoms with Crippen LogP contribution in [0.4, 0.5) is 15.9 Å². The highest BCUT2D eigenvalue weighted by molar-refractivity contribution is 5.92. The third-order valence-electron chi connectivity index (χ3n) is 5.60. The first-order chi connectivity index (χ1) is 18.2. The molecule has 37 heavy (non-hydrogen) atoms. The van der Waals surface area contributed by atoms with E-state index in [1.54, 1.807) is 41.5 Å². The Bertz CT molecular complexity index is 1650. The molecular formula is C25H19FN10O. The maximum Gasteiger partial charge on any atom is 0.186 e. The number of nitrogens with one attached hydrogen (secondary N) is 2. The maximum absolute atomic E-state index is 14.4. The molecule has 12 heteroatoms. The highest BCUT2D eigenvalue weighted by Crippen LogP contribution is 2.31. The molecule has 0 saturated heterocycles. The second-order valence-electron chi connectivity index (χ2n) is 8.02. The molecule has 4 heterocycles. The van der Waals surface area contributed by atoms with E-state index in [0.717, 1.165) is 16.6 Å². The van der Waals surface area contributed by atoms with Crippen molar-refractivity contribution in [1.82, 2.24) is 45.4 Å². The summed E-state index contributed by atoms with van der Waals surface area (Å²) in [7, 11) is 0. The lowest BCUT2D eigenvalue weighted by molar-refractivity contribution is 0.295. The molecule has 11 nitrogen and oxygen atoms in total. The Morgan fingerprint density at radius 1 is 1.00 bits per heavy atom. The number of anilines is 2. The monoisotopic (exact) mass is 494 g/mol. The summed E-state index contributed by atoms with van der Waals surface area (Å²) in [6, 6.07) is 18.0. The average Bonchev–Trinajstić information content (AvgIpc) is 3.58. The molecule has 0 aliphatic rings. The number of fused-ring (bicyclic) bond motifs is 1. The van der Waals surface area contributed by atoms with Gasteiger partial charge in [0.05, 0.1) is 18.3 Å². The molecule has 0 amide bonds. The van der Waals surface area contributed by atoms with Crippen molar-refractivity contribution in [2.75, 3.05) is 5.32 Å². The summed E-state index contributed by atoms with van der Waals surface area (Å²) in [4.78, 5) is 13.3. The normalized spacial score (nSPS) is 11.1. The van der Waals surface area contributed by atoms with E-state index in [2.05, 4.69) is 35.9 Å². The summed E-state index contributed by atoms with van der Waals surface area (Å²) < 4.78 is 22.0. The number of hydrogen-bond acceptors (Lipinski definition) is 9. The molecular weight excluding hydrogens is 475 g/mol. The fraction of sp³-hybridized carbons (Fsp3) is 0.0800. The molecule has 182 valence electrons. The van der Waals surface area contributed by atoms with Gasteiger partial charge in [0.25, 0.3) is 0 Å². The molecule has 0 atom stereocenters. The molecule has 4 aromatic heterocycles. The number of nitrogens with zero attached hydrogens (tertiary/aromatic N) is 8. The van der Waals surface area contributed by atoms with Crippen LogP contribution >= 0.6 is 0 Å². The van der Waals surface area contributed by atoms with Crippen LogP contribution in [0.5, 0.6) is 5.75 Å². The van der Waals surface area contributed by atoms with Crippen molar-refractivity contribution in [2.45, 2.75) is 13.2 Å². The Balaban J connectivity index is 1.40. The predicted molar refractivity (Wildman–Crippen MR) is 132 cm³/mol. The number of rotatable bonds is 8. The van der Waals surface area contributed by atoms with Gasteiger partial charge in [-0.1, -0.05) is 36.4 Å². The van der Waals surface area contributed by atoms with Crippen molar-refractivity contribution in [1.29, 1.82) is 0 Å². The van der Waals surface area contributed by atoms with Crippen LogP contribution in [0.15, 0.2) is 79.3 Å². The van der Waals surface area contributed by atoms with E-state index >= 15 is 0 Å². The van der Waals surface area contributed by atoms with Crippen molar-refractivity contribution < 1.29 is 9.13 Å². The summed E-state index contributed by atoms with van der Waals surface area (Å²) in [5, 5.41) is 22.5. The van der Waals surface area contributed by atoms with E-state index in [9.17, 15) is 4.39 Å². The van der Waals surface area contributed by atoms with Gasteiger partial charge in [-0.15, -0.1) is 5.10 Å². The summed E-state index contributed by atoms with van der Waals surface area (Å²) in [5.41, 5.74) is 2.71. The first kappa shape index (κ1) is 22.2. The number of aromatic amines is 1. The van der Waals surface area contributed by atoms with Gasteiger partial charge in [-0.05, 0) is 34.7 Å². The Labute approximate surface area is 209 Å². The van der Waals surface area contributed by atoms with Crippen LogP contribution in [0.25, 0.3) is 22.4 Å². The number of tetrazole rings is 1. The fourth-order valence-corrected chi connectivity index (χ4v) is 3.84. The number of benzene rings is 2. The quantitative estimate of drug-likeness (QED) is 0.323. The van der Waals surface area contributed by atoms with Crippen LogP contribution in [0.2, 0.25) is 0 Å². The van der Waals surface area contributed by atoms with Crippen LogP contribution in [0.1, 0.15) is 11.4 Å². The molecule has 6 rings (SSSR count). The second kappa shape index (κ2) is 9.77. The minimum atomic E-state index is -0.285. The summed E-state index contributed by atoms with van der Waals surface area (Å²) >= 11 is 0. The van der Waals surface area contributed by atoms with Crippen LogP contribution in [0.3, 0.4) is 0 Å². The van der Waals surface area contributed by atoms with Gasteiger partial charge in [0.2, 0.25) is 0 Å². The molecule has 0 aliphatic carbocycles. The highest BCUT2D eigenvalue weighted by atomic mass is 19.1. The molecule has 2 aromatic carbocycles. The Hall–Kier alpha value is -5.26. The lowest BCUT2D eigenvalue weighted by Gasteiger charge is -2.12. The third-order valence-corrected chi connectivity index (χ3v) is 5.60. The fourth-order valence-electron chi connectivity index (χ4n) is 3.84. The molecule has 6 aromatic rings. The topological polar surface area (TPSA) is 132 Å². The van der Waals surface area contributed by atoms with Crippen LogP contribution in [-0.2, 0) is 13.2 Å². The Kier molecular flexibility index (Phi) is 5.87. The largest absolute Gasteiger partial charge is 0.480 e. The third kappa shape index (κ3) is 4.67. The minimum Gasteiger partial charge on any atom is -0.480 e. The first-order valence-electron chi connectivity index (χ1n) is 11.3. The molecule has 0 bridgehead atoms. The SMILES string of the molecule is Fc1ccccc1Cn1nc(-c2ncc(OCc3nnn[nH]3)c(Nc3ccncc3)n2)c2ccccc21. The van der Waals surface area contributed by atoms with Gasteiger partial charge in [-0.3, -0.25) is 9.67 Å². The summed E-state index contributed by atoms with van der Waals surface area (Å²) in [6.45, 7) is 0.364. The number of para-hydroxylation sites is 1. The lowest BCUT2D eigenvalue weighted by atomic mass is 10.2. The molecule has 0 saturated carbocycles. The zero-order chi connectivity index (χ0) is 25.0. The summed E-state index contributed by atoms with van der Waals surface area (Å²) in [5.74, 6) is 1.38. The van der Waals surface area contributed by atoms with Gasteiger partial charge in [-0.2, -0.15) is 5.10 Å². The highest BCUT2D eigenvalue weighted by Gasteiger charge is 2.18. The van der Waals surface area contributed by atoms with E-state index in [0.29, 0.717) is 34.5 Å².